The van der Waals surface area contributed by atoms with Crippen LogP contribution in [0.2, 0.25) is 0 Å². The Hall–Kier alpha value is -0.0800. The zero-order chi connectivity index (χ0) is 10.4. The van der Waals surface area contributed by atoms with E-state index in [2.05, 4.69) is 31.4 Å². The van der Waals surface area contributed by atoms with E-state index in [1.54, 1.807) is 0 Å². The molecule has 1 aliphatic rings. The van der Waals surface area contributed by atoms with Crippen LogP contribution in [-0.4, -0.2) is 25.7 Å². The molecule has 0 amide bonds. The Morgan fingerprint density at radius 2 is 1.93 bits per heavy atom. The molecule has 0 saturated carbocycles. The van der Waals surface area contributed by atoms with Crippen molar-refractivity contribution in [1.82, 2.24) is 10.6 Å². The van der Waals surface area contributed by atoms with Gasteiger partial charge in [-0.15, -0.1) is 0 Å². The van der Waals surface area contributed by atoms with Crippen molar-refractivity contribution >= 4 is 0 Å². The third-order valence-corrected chi connectivity index (χ3v) is 3.14. The minimum Gasteiger partial charge on any atom is -0.317 e. The summed E-state index contributed by atoms with van der Waals surface area (Å²) in [6.07, 6.45) is 5.20. The molecule has 0 spiro atoms. The van der Waals surface area contributed by atoms with Gasteiger partial charge in [0, 0.05) is 12.6 Å². The van der Waals surface area contributed by atoms with Gasteiger partial charge in [-0.3, -0.25) is 0 Å². The van der Waals surface area contributed by atoms with Gasteiger partial charge in [0.1, 0.15) is 0 Å². The van der Waals surface area contributed by atoms with E-state index in [4.69, 9.17) is 0 Å². The molecule has 0 aromatic rings. The number of piperidine rings is 1. The lowest BCUT2D eigenvalue weighted by atomic mass is 9.87. The van der Waals surface area contributed by atoms with Crippen molar-refractivity contribution in [1.29, 1.82) is 0 Å². The topological polar surface area (TPSA) is 24.1 Å². The van der Waals surface area contributed by atoms with Crippen LogP contribution in [0.4, 0.5) is 0 Å². The molecule has 0 bridgehead atoms. The standard InChI is InChI=1S/C12H26N2/c1-4-7-12(2,3)10-14-11-5-8-13-9-6-11/h11,13-14H,4-10H2,1-3H3. The minimum atomic E-state index is 0.472. The van der Waals surface area contributed by atoms with Crippen LogP contribution in [0.5, 0.6) is 0 Å². The van der Waals surface area contributed by atoms with Gasteiger partial charge in [-0.05, 0) is 37.8 Å². The highest BCUT2D eigenvalue weighted by atomic mass is 15.0. The monoisotopic (exact) mass is 198 g/mol. The van der Waals surface area contributed by atoms with Gasteiger partial charge in [0.05, 0.1) is 0 Å². The summed E-state index contributed by atoms with van der Waals surface area (Å²) in [5, 5.41) is 7.10. The van der Waals surface area contributed by atoms with Crippen molar-refractivity contribution in [2.75, 3.05) is 19.6 Å². The summed E-state index contributed by atoms with van der Waals surface area (Å²) < 4.78 is 0. The van der Waals surface area contributed by atoms with Crippen LogP contribution < -0.4 is 10.6 Å². The second-order valence-corrected chi connectivity index (χ2v) is 5.32. The molecule has 0 atom stereocenters. The maximum atomic E-state index is 3.71. The van der Waals surface area contributed by atoms with Crippen LogP contribution in [0.3, 0.4) is 0 Å². The molecule has 14 heavy (non-hydrogen) atoms. The van der Waals surface area contributed by atoms with Gasteiger partial charge in [-0.25, -0.2) is 0 Å². The average molecular weight is 198 g/mol. The van der Waals surface area contributed by atoms with Crippen LogP contribution in [0.25, 0.3) is 0 Å². The van der Waals surface area contributed by atoms with Crippen molar-refractivity contribution in [2.24, 2.45) is 5.41 Å². The lowest BCUT2D eigenvalue weighted by molar-refractivity contribution is 0.275. The fraction of sp³-hybridized carbons (Fsp3) is 1.00. The van der Waals surface area contributed by atoms with Crippen LogP contribution in [0.1, 0.15) is 46.5 Å². The molecule has 1 fully saturated rings. The SMILES string of the molecule is CCCC(C)(C)CNC1CCNCC1. The predicted octanol–water partition coefficient (Wildman–Crippen LogP) is 2.15. The van der Waals surface area contributed by atoms with Gasteiger partial charge in [-0.2, -0.15) is 0 Å². The van der Waals surface area contributed by atoms with E-state index in [1.807, 2.05) is 0 Å². The van der Waals surface area contributed by atoms with Gasteiger partial charge >= 0.3 is 0 Å². The van der Waals surface area contributed by atoms with Crippen molar-refractivity contribution in [3.63, 3.8) is 0 Å². The summed E-state index contributed by atoms with van der Waals surface area (Å²) in [4.78, 5) is 0. The van der Waals surface area contributed by atoms with Crippen molar-refractivity contribution in [3.8, 4) is 0 Å². The molecule has 2 N–H and O–H groups in total. The molecule has 1 aliphatic heterocycles. The third kappa shape index (κ3) is 4.43. The van der Waals surface area contributed by atoms with Crippen LogP contribution >= 0.6 is 0 Å². The Balaban J connectivity index is 2.17. The van der Waals surface area contributed by atoms with E-state index < -0.39 is 0 Å². The fourth-order valence-electron chi connectivity index (χ4n) is 2.21. The maximum absolute atomic E-state index is 3.71. The summed E-state index contributed by atoms with van der Waals surface area (Å²) in [6, 6.07) is 0.757. The van der Waals surface area contributed by atoms with E-state index in [1.165, 1.54) is 45.3 Å². The molecule has 1 rings (SSSR count). The van der Waals surface area contributed by atoms with E-state index in [-0.39, 0.29) is 0 Å². The van der Waals surface area contributed by atoms with Crippen LogP contribution in [0.15, 0.2) is 0 Å². The fourth-order valence-corrected chi connectivity index (χ4v) is 2.21. The van der Waals surface area contributed by atoms with Crippen molar-refractivity contribution < 1.29 is 0 Å². The molecule has 1 heterocycles. The average Bonchev–Trinajstić information content (AvgIpc) is 2.17. The van der Waals surface area contributed by atoms with Crippen LogP contribution in [0, 0.1) is 5.41 Å². The van der Waals surface area contributed by atoms with Gasteiger partial charge in [-0.1, -0.05) is 27.2 Å². The van der Waals surface area contributed by atoms with E-state index in [0.29, 0.717) is 5.41 Å². The minimum absolute atomic E-state index is 0.472. The summed E-state index contributed by atoms with van der Waals surface area (Å²) in [5.74, 6) is 0. The van der Waals surface area contributed by atoms with Gasteiger partial charge in [0.2, 0.25) is 0 Å². The Labute approximate surface area is 88.8 Å². The van der Waals surface area contributed by atoms with Gasteiger partial charge < -0.3 is 10.6 Å². The Kier molecular flexibility index (Phi) is 4.90. The first-order valence-corrected chi connectivity index (χ1v) is 6.08. The predicted molar refractivity (Wildman–Crippen MR) is 62.6 cm³/mol. The summed E-state index contributed by atoms with van der Waals surface area (Å²) >= 11 is 0. The molecular formula is C12H26N2. The zero-order valence-electron chi connectivity index (χ0n) is 10.0. The summed E-state index contributed by atoms with van der Waals surface area (Å²) in [7, 11) is 0. The van der Waals surface area contributed by atoms with E-state index >= 15 is 0 Å². The number of hydrogen-bond acceptors (Lipinski definition) is 2. The summed E-state index contributed by atoms with van der Waals surface area (Å²) in [6.45, 7) is 10.5. The Morgan fingerprint density at radius 1 is 1.29 bits per heavy atom. The molecule has 2 heteroatoms. The zero-order valence-corrected chi connectivity index (χ0v) is 10.0. The Morgan fingerprint density at radius 3 is 2.50 bits per heavy atom. The Bertz CT molecular complexity index is 148. The number of nitrogens with one attached hydrogen (secondary N) is 2. The molecule has 0 radical (unpaired) electrons. The maximum Gasteiger partial charge on any atom is 0.00914 e. The molecule has 0 aliphatic carbocycles. The molecule has 2 nitrogen and oxygen atoms in total. The molecule has 1 saturated heterocycles. The highest BCUT2D eigenvalue weighted by Gasteiger charge is 2.19. The molecular weight excluding hydrogens is 172 g/mol. The van der Waals surface area contributed by atoms with Crippen molar-refractivity contribution in [2.45, 2.75) is 52.5 Å². The second-order valence-electron chi connectivity index (χ2n) is 5.32. The van der Waals surface area contributed by atoms with Crippen LogP contribution in [-0.2, 0) is 0 Å². The summed E-state index contributed by atoms with van der Waals surface area (Å²) in [5.41, 5.74) is 0.472. The van der Waals surface area contributed by atoms with Gasteiger partial charge in [0.25, 0.3) is 0 Å². The van der Waals surface area contributed by atoms with E-state index in [0.717, 1.165) is 6.04 Å². The highest BCUT2D eigenvalue weighted by Crippen LogP contribution is 2.21. The molecule has 84 valence electrons. The number of rotatable bonds is 5. The first kappa shape index (κ1) is 12.0. The van der Waals surface area contributed by atoms with Gasteiger partial charge in [0.15, 0.2) is 0 Å². The molecule has 0 unspecified atom stereocenters. The number of hydrogen-bond donors (Lipinski definition) is 2. The molecule has 0 aromatic carbocycles. The lowest BCUT2D eigenvalue weighted by Crippen LogP contribution is -2.43. The smallest absolute Gasteiger partial charge is 0.00914 e. The first-order chi connectivity index (χ1) is 6.64. The first-order valence-electron chi connectivity index (χ1n) is 6.08. The largest absolute Gasteiger partial charge is 0.317 e. The second kappa shape index (κ2) is 5.72. The third-order valence-electron chi connectivity index (χ3n) is 3.14. The quantitative estimate of drug-likeness (QED) is 0.707. The molecule has 0 aromatic heterocycles. The lowest BCUT2D eigenvalue weighted by Gasteiger charge is -2.30. The van der Waals surface area contributed by atoms with E-state index in [9.17, 15) is 0 Å². The normalized spacial score (nSPS) is 19.9. The highest BCUT2D eigenvalue weighted by molar-refractivity contribution is 4.78. The van der Waals surface area contributed by atoms with Crippen molar-refractivity contribution in [3.05, 3.63) is 0 Å².